The molecule has 1 aliphatic carbocycles. The van der Waals surface area contributed by atoms with E-state index in [9.17, 15) is 9.59 Å². The molecule has 0 N–H and O–H groups in total. The number of rotatable bonds is 2. The first-order valence-electron chi connectivity index (χ1n) is 7.89. The van der Waals surface area contributed by atoms with Crippen molar-refractivity contribution in [3.63, 3.8) is 0 Å². The Kier molecular flexibility index (Phi) is 3.57. The second-order valence-electron chi connectivity index (χ2n) is 6.19. The van der Waals surface area contributed by atoms with Gasteiger partial charge in [-0.2, -0.15) is 0 Å². The molecule has 0 spiro atoms. The number of benzene rings is 2. The molecular weight excluding hydrogens is 354 g/mol. The Balaban J connectivity index is 1.71. The van der Waals surface area contributed by atoms with Gasteiger partial charge in [0.15, 0.2) is 0 Å². The summed E-state index contributed by atoms with van der Waals surface area (Å²) in [6.07, 6.45) is 2.92. The zero-order valence-corrected chi connectivity index (χ0v) is 14.1. The van der Waals surface area contributed by atoms with Gasteiger partial charge in [-0.15, -0.1) is 0 Å². The van der Waals surface area contributed by atoms with Gasteiger partial charge in [-0.25, -0.2) is 0 Å². The van der Waals surface area contributed by atoms with Gasteiger partial charge in [0.2, 0.25) is 0 Å². The maximum absolute atomic E-state index is 12.7. The summed E-state index contributed by atoms with van der Waals surface area (Å²) in [5, 5.41) is 0. The number of nitrogens with zero attached hydrogens (tertiary/aromatic N) is 1. The third-order valence-corrected chi connectivity index (χ3v) is 5.41. The van der Waals surface area contributed by atoms with Crippen molar-refractivity contribution in [3.8, 4) is 0 Å². The molecular formula is C19H16BrNO2. The minimum absolute atomic E-state index is 0.0447. The van der Waals surface area contributed by atoms with E-state index in [2.05, 4.69) is 28.1 Å². The quantitative estimate of drug-likeness (QED) is 0.736. The SMILES string of the molecule is O=C1c2ccccc2C(=O)N1[C@@H]1CCC[C@@H]1c1cccc(Br)c1. The van der Waals surface area contributed by atoms with E-state index in [1.165, 1.54) is 10.5 Å². The second-order valence-corrected chi connectivity index (χ2v) is 7.10. The van der Waals surface area contributed by atoms with Gasteiger partial charge < -0.3 is 0 Å². The number of amides is 2. The number of hydrogen-bond acceptors (Lipinski definition) is 2. The normalized spacial score (nSPS) is 23.4. The van der Waals surface area contributed by atoms with E-state index >= 15 is 0 Å². The molecule has 0 bridgehead atoms. The van der Waals surface area contributed by atoms with E-state index < -0.39 is 0 Å². The molecule has 23 heavy (non-hydrogen) atoms. The average Bonchev–Trinajstić information content (AvgIpc) is 3.12. The van der Waals surface area contributed by atoms with Crippen molar-refractivity contribution in [1.29, 1.82) is 0 Å². The summed E-state index contributed by atoms with van der Waals surface area (Å²) in [6, 6.07) is 15.3. The van der Waals surface area contributed by atoms with Crippen LogP contribution in [-0.4, -0.2) is 22.8 Å². The van der Waals surface area contributed by atoms with Gasteiger partial charge in [-0.1, -0.05) is 46.6 Å². The van der Waals surface area contributed by atoms with Crippen LogP contribution in [0.4, 0.5) is 0 Å². The Labute approximate surface area is 143 Å². The van der Waals surface area contributed by atoms with E-state index in [0.717, 1.165) is 23.7 Å². The van der Waals surface area contributed by atoms with Gasteiger partial charge in [0.05, 0.1) is 11.1 Å². The van der Waals surface area contributed by atoms with Gasteiger partial charge in [0.25, 0.3) is 11.8 Å². The molecule has 4 heteroatoms. The third kappa shape index (κ3) is 2.32. The molecule has 0 saturated heterocycles. The number of fused-ring (bicyclic) bond motifs is 1. The van der Waals surface area contributed by atoms with Crippen molar-refractivity contribution >= 4 is 27.7 Å². The van der Waals surface area contributed by atoms with E-state index in [-0.39, 0.29) is 23.8 Å². The highest BCUT2D eigenvalue weighted by Gasteiger charge is 2.44. The number of hydrogen-bond donors (Lipinski definition) is 0. The highest BCUT2D eigenvalue weighted by atomic mass is 79.9. The van der Waals surface area contributed by atoms with Crippen LogP contribution in [0.15, 0.2) is 53.0 Å². The van der Waals surface area contributed by atoms with Crippen molar-refractivity contribution < 1.29 is 9.59 Å². The van der Waals surface area contributed by atoms with Gasteiger partial charge >= 0.3 is 0 Å². The summed E-state index contributed by atoms with van der Waals surface area (Å²) in [5.74, 6) is -0.0651. The standard InChI is InChI=1S/C19H16BrNO2/c20-13-6-3-5-12(11-13)14-9-4-10-17(14)21-18(22)15-7-1-2-8-16(15)19(21)23/h1-3,5-8,11,14,17H,4,9-10H2/t14-,17-/m1/s1. The second kappa shape index (κ2) is 5.60. The van der Waals surface area contributed by atoms with Crippen LogP contribution in [0.25, 0.3) is 0 Å². The average molecular weight is 370 g/mol. The van der Waals surface area contributed by atoms with Gasteiger partial charge in [0, 0.05) is 16.4 Å². The Bertz CT molecular complexity index is 766. The Hall–Kier alpha value is -1.94. The fraction of sp³-hybridized carbons (Fsp3) is 0.263. The molecule has 2 amide bonds. The molecule has 3 nitrogen and oxygen atoms in total. The van der Waals surface area contributed by atoms with E-state index in [1.807, 2.05) is 24.3 Å². The Morgan fingerprint density at radius 1 is 0.913 bits per heavy atom. The molecule has 2 aliphatic rings. The lowest BCUT2D eigenvalue weighted by Gasteiger charge is -2.28. The highest BCUT2D eigenvalue weighted by Crippen LogP contribution is 2.41. The smallest absolute Gasteiger partial charge is 0.261 e. The van der Waals surface area contributed by atoms with Crippen molar-refractivity contribution in [3.05, 3.63) is 69.7 Å². The first-order valence-corrected chi connectivity index (χ1v) is 8.68. The van der Waals surface area contributed by atoms with Crippen LogP contribution in [0.1, 0.15) is 51.5 Å². The van der Waals surface area contributed by atoms with Crippen molar-refractivity contribution in [1.82, 2.24) is 4.90 Å². The summed E-state index contributed by atoms with van der Waals surface area (Å²) >= 11 is 3.51. The van der Waals surface area contributed by atoms with Crippen molar-refractivity contribution in [2.75, 3.05) is 0 Å². The predicted octanol–water partition coefficient (Wildman–Crippen LogP) is 4.38. The van der Waals surface area contributed by atoms with Crippen LogP contribution in [-0.2, 0) is 0 Å². The highest BCUT2D eigenvalue weighted by molar-refractivity contribution is 9.10. The van der Waals surface area contributed by atoms with Crippen LogP contribution in [0.3, 0.4) is 0 Å². The lowest BCUT2D eigenvalue weighted by atomic mass is 9.93. The van der Waals surface area contributed by atoms with Crippen molar-refractivity contribution in [2.24, 2.45) is 0 Å². The number of carbonyl (C=O) groups is 2. The first kappa shape index (κ1) is 14.6. The van der Waals surface area contributed by atoms with E-state index in [4.69, 9.17) is 0 Å². The fourth-order valence-electron chi connectivity index (χ4n) is 3.88. The maximum atomic E-state index is 12.7. The van der Waals surface area contributed by atoms with Crippen LogP contribution in [0.2, 0.25) is 0 Å². The summed E-state index contributed by atoms with van der Waals surface area (Å²) in [4.78, 5) is 27.0. The van der Waals surface area contributed by atoms with Crippen LogP contribution in [0.5, 0.6) is 0 Å². The molecule has 1 aliphatic heterocycles. The predicted molar refractivity (Wildman–Crippen MR) is 91.5 cm³/mol. The van der Waals surface area contributed by atoms with Crippen molar-refractivity contribution in [2.45, 2.75) is 31.2 Å². The third-order valence-electron chi connectivity index (χ3n) is 4.91. The molecule has 1 fully saturated rings. The topological polar surface area (TPSA) is 37.4 Å². The largest absolute Gasteiger partial charge is 0.271 e. The zero-order valence-electron chi connectivity index (χ0n) is 12.5. The molecule has 2 aromatic rings. The molecule has 0 radical (unpaired) electrons. The molecule has 4 rings (SSSR count). The number of halogens is 1. The van der Waals surface area contributed by atoms with Crippen LogP contribution >= 0.6 is 15.9 Å². The number of imide groups is 1. The lowest BCUT2D eigenvalue weighted by Crippen LogP contribution is -2.41. The fourth-order valence-corrected chi connectivity index (χ4v) is 4.30. The maximum Gasteiger partial charge on any atom is 0.261 e. The Morgan fingerprint density at radius 2 is 1.61 bits per heavy atom. The molecule has 0 aromatic heterocycles. The molecule has 116 valence electrons. The summed E-state index contributed by atoms with van der Waals surface area (Å²) in [5.41, 5.74) is 2.27. The van der Waals surface area contributed by atoms with Gasteiger partial charge in [-0.05, 0) is 42.7 Å². The van der Waals surface area contributed by atoms with E-state index in [1.54, 1.807) is 12.1 Å². The van der Waals surface area contributed by atoms with E-state index in [0.29, 0.717) is 11.1 Å². The van der Waals surface area contributed by atoms with Gasteiger partial charge in [-0.3, -0.25) is 14.5 Å². The zero-order chi connectivity index (χ0) is 16.0. The minimum Gasteiger partial charge on any atom is -0.271 e. The van der Waals surface area contributed by atoms with Crippen LogP contribution < -0.4 is 0 Å². The molecule has 2 aromatic carbocycles. The Morgan fingerprint density at radius 3 is 2.26 bits per heavy atom. The lowest BCUT2D eigenvalue weighted by molar-refractivity contribution is 0.0574. The summed E-state index contributed by atoms with van der Waals surface area (Å²) < 4.78 is 1.03. The molecule has 1 heterocycles. The van der Waals surface area contributed by atoms with Gasteiger partial charge in [0.1, 0.15) is 0 Å². The number of carbonyl (C=O) groups excluding carboxylic acids is 2. The monoisotopic (exact) mass is 369 g/mol. The summed E-state index contributed by atoms with van der Waals surface area (Å²) in [6.45, 7) is 0. The minimum atomic E-state index is -0.141. The van der Waals surface area contributed by atoms with Crippen LogP contribution in [0, 0.1) is 0 Å². The molecule has 0 unspecified atom stereocenters. The molecule has 1 saturated carbocycles. The summed E-state index contributed by atoms with van der Waals surface area (Å²) in [7, 11) is 0. The molecule has 2 atom stereocenters. The first-order chi connectivity index (χ1) is 11.2.